The Bertz CT molecular complexity index is 617. The van der Waals surface area contributed by atoms with E-state index in [1.807, 2.05) is 6.92 Å². The first-order valence-electron chi connectivity index (χ1n) is 9.42. The van der Waals surface area contributed by atoms with Gasteiger partial charge in [-0.05, 0) is 48.4 Å². The minimum atomic E-state index is -4.38. The molecule has 28 heavy (non-hydrogen) atoms. The van der Waals surface area contributed by atoms with Crippen LogP contribution >= 0.6 is 0 Å². The van der Waals surface area contributed by atoms with E-state index < -0.39 is 11.7 Å². The topological polar surface area (TPSA) is 81.5 Å². The van der Waals surface area contributed by atoms with Gasteiger partial charge in [-0.15, -0.1) is 0 Å². The molecule has 1 aromatic carbocycles. The largest absolute Gasteiger partial charge is 0.416 e. The van der Waals surface area contributed by atoms with Gasteiger partial charge in [0, 0.05) is 24.1 Å². The average Bonchev–Trinajstić information content (AvgIpc) is 2.63. The van der Waals surface area contributed by atoms with Gasteiger partial charge in [0.1, 0.15) is 0 Å². The van der Waals surface area contributed by atoms with Crippen LogP contribution in [0.15, 0.2) is 29.4 Å². The first kappa shape index (κ1) is 24.2. The molecule has 0 aliphatic rings. The van der Waals surface area contributed by atoms with E-state index in [9.17, 15) is 18.3 Å². The quantitative estimate of drug-likeness (QED) is 0.222. The second kappa shape index (κ2) is 11.9. The Morgan fingerprint density at radius 1 is 1.25 bits per heavy atom. The number of alkyl halides is 3. The standard InChI is InChI=1S/C19H29F3N4O2/c1-4-18(12-24-25-23)28-26(17(9-10-27)11-14(2)3)13-15-5-7-16(8-6-15)19(20,21)22/h5-8,14,17-18,27H,4,9-13H2,1-3H3/t17-,18-/m1/s1. The summed E-state index contributed by atoms with van der Waals surface area (Å²) in [4.78, 5) is 8.81. The molecule has 0 heterocycles. The van der Waals surface area contributed by atoms with Crippen molar-refractivity contribution >= 4 is 0 Å². The third-order valence-corrected chi connectivity index (χ3v) is 4.32. The van der Waals surface area contributed by atoms with Crippen LogP contribution in [0, 0.1) is 5.92 Å². The average molecular weight is 402 g/mol. The third kappa shape index (κ3) is 8.48. The van der Waals surface area contributed by atoms with Crippen molar-refractivity contribution < 1.29 is 23.1 Å². The number of nitrogens with zero attached hydrogens (tertiary/aromatic N) is 4. The number of hydroxylamine groups is 2. The monoisotopic (exact) mass is 402 g/mol. The highest BCUT2D eigenvalue weighted by atomic mass is 19.4. The van der Waals surface area contributed by atoms with Crippen LogP contribution in [0.25, 0.3) is 10.4 Å². The fourth-order valence-corrected chi connectivity index (χ4v) is 2.86. The summed E-state index contributed by atoms with van der Waals surface area (Å²) in [5.41, 5.74) is 8.51. The second-order valence-electron chi connectivity index (χ2n) is 7.11. The molecule has 0 aromatic heterocycles. The zero-order valence-electron chi connectivity index (χ0n) is 16.6. The van der Waals surface area contributed by atoms with E-state index in [1.165, 1.54) is 12.1 Å². The number of halogens is 3. The lowest BCUT2D eigenvalue weighted by Crippen LogP contribution is -2.40. The fraction of sp³-hybridized carbons (Fsp3) is 0.684. The molecule has 1 aromatic rings. The summed E-state index contributed by atoms with van der Waals surface area (Å²) in [6.45, 7) is 6.40. The summed E-state index contributed by atoms with van der Waals surface area (Å²) in [6.07, 6.45) is -2.90. The van der Waals surface area contributed by atoms with Crippen LogP contribution in [0.4, 0.5) is 13.2 Å². The van der Waals surface area contributed by atoms with Gasteiger partial charge in [0.2, 0.25) is 0 Å². The molecule has 0 saturated carbocycles. The number of azide groups is 1. The first-order valence-corrected chi connectivity index (χ1v) is 9.42. The Morgan fingerprint density at radius 2 is 1.89 bits per heavy atom. The highest BCUT2D eigenvalue weighted by molar-refractivity contribution is 5.24. The number of rotatable bonds is 12. The summed E-state index contributed by atoms with van der Waals surface area (Å²) in [7, 11) is 0. The molecule has 0 aliphatic carbocycles. The van der Waals surface area contributed by atoms with Crippen LogP contribution in [0.5, 0.6) is 0 Å². The van der Waals surface area contributed by atoms with E-state index in [2.05, 4.69) is 23.9 Å². The van der Waals surface area contributed by atoms with Gasteiger partial charge in [0.15, 0.2) is 0 Å². The van der Waals surface area contributed by atoms with Gasteiger partial charge in [-0.1, -0.05) is 38.0 Å². The van der Waals surface area contributed by atoms with Crippen molar-refractivity contribution in [3.8, 4) is 0 Å². The van der Waals surface area contributed by atoms with Crippen LogP contribution in [-0.4, -0.2) is 35.5 Å². The van der Waals surface area contributed by atoms with Crippen LogP contribution < -0.4 is 0 Å². The normalized spacial score (nSPS) is 14.2. The molecule has 158 valence electrons. The van der Waals surface area contributed by atoms with Crippen molar-refractivity contribution in [2.75, 3.05) is 13.2 Å². The van der Waals surface area contributed by atoms with Crippen molar-refractivity contribution in [1.29, 1.82) is 0 Å². The summed E-state index contributed by atoms with van der Waals surface area (Å²) in [5, 5.41) is 14.7. The molecule has 1 N–H and O–H groups in total. The van der Waals surface area contributed by atoms with Crippen LogP contribution in [0.1, 0.15) is 51.2 Å². The molecule has 9 heteroatoms. The number of aliphatic hydroxyl groups is 1. The maximum Gasteiger partial charge on any atom is 0.416 e. The van der Waals surface area contributed by atoms with Crippen LogP contribution in [0.2, 0.25) is 0 Å². The SMILES string of the molecule is CC[C@H](CN=[N+]=[N-])ON(Cc1ccc(C(F)(F)F)cc1)[C@H](CCO)CC(C)C. The lowest BCUT2D eigenvalue weighted by atomic mass is 10.0. The molecule has 0 unspecified atom stereocenters. The molecule has 0 amide bonds. The van der Waals surface area contributed by atoms with E-state index in [-0.39, 0.29) is 31.8 Å². The predicted octanol–water partition coefficient (Wildman–Crippen LogP) is 5.33. The highest BCUT2D eigenvalue weighted by Gasteiger charge is 2.30. The fourth-order valence-electron chi connectivity index (χ4n) is 2.86. The van der Waals surface area contributed by atoms with Gasteiger partial charge < -0.3 is 5.11 Å². The Kier molecular flexibility index (Phi) is 10.3. The smallest absolute Gasteiger partial charge is 0.396 e. The van der Waals surface area contributed by atoms with Crippen molar-refractivity contribution in [2.45, 2.75) is 64.9 Å². The molecule has 0 fully saturated rings. The lowest BCUT2D eigenvalue weighted by Gasteiger charge is -2.34. The minimum absolute atomic E-state index is 0.0304. The maximum atomic E-state index is 12.8. The molecule has 6 nitrogen and oxygen atoms in total. The van der Waals surface area contributed by atoms with Crippen molar-refractivity contribution in [3.05, 3.63) is 45.8 Å². The third-order valence-electron chi connectivity index (χ3n) is 4.32. The van der Waals surface area contributed by atoms with Gasteiger partial charge in [-0.3, -0.25) is 4.84 Å². The number of aliphatic hydroxyl groups excluding tert-OH is 1. The van der Waals surface area contributed by atoms with Crippen molar-refractivity contribution in [1.82, 2.24) is 5.06 Å². The van der Waals surface area contributed by atoms with E-state index >= 15 is 0 Å². The summed E-state index contributed by atoms with van der Waals surface area (Å²) in [6, 6.07) is 4.84. The van der Waals surface area contributed by atoms with Gasteiger partial charge in [-0.25, -0.2) is 0 Å². The molecular weight excluding hydrogens is 373 g/mol. The molecule has 2 atom stereocenters. The Hall–Kier alpha value is -1.80. The van der Waals surface area contributed by atoms with Crippen LogP contribution in [0.3, 0.4) is 0 Å². The van der Waals surface area contributed by atoms with Gasteiger partial charge in [0.25, 0.3) is 0 Å². The Balaban J connectivity index is 3.04. The molecule has 0 aliphatic heterocycles. The number of benzene rings is 1. The molecule has 0 radical (unpaired) electrons. The second-order valence-corrected chi connectivity index (χ2v) is 7.11. The zero-order valence-corrected chi connectivity index (χ0v) is 16.6. The van der Waals surface area contributed by atoms with E-state index in [4.69, 9.17) is 10.4 Å². The molecular formula is C19H29F3N4O2. The van der Waals surface area contributed by atoms with E-state index in [1.54, 1.807) is 5.06 Å². The first-order chi connectivity index (χ1) is 13.2. The van der Waals surface area contributed by atoms with Gasteiger partial charge in [0.05, 0.1) is 18.2 Å². The molecule has 0 bridgehead atoms. The minimum Gasteiger partial charge on any atom is -0.396 e. The van der Waals surface area contributed by atoms with Crippen LogP contribution in [-0.2, 0) is 17.6 Å². The summed E-state index contributed by atoms with van der Waals surface area (Å²) >= 11 is 0. The summed E-state index contributed by atoms with van der Waals surface area (Å²) < 4.78 is 38.4. The van der Waals surface area contributed by atoms with E-state index in [0.29, 0.717) is 24.3 Å². The molecule has 0 spiro atoms. The lowest BCUT2D eigenvalue weighted by molar-refractivity contribution is -0.231. The molecule has 0 saturated heterocycles. The maximum absolute atomic E-state index is 12.8. The van der Waals surface area contributed by atoms with Crippen molar-refractivity contribution in [2.24, 2.45) is 11.0 Å². The highest BCUT2D eigenvalue weighted by Crippen LogP contribution is 2.29. The number of hydrogen-bond donors (Lipinski definition) is 1. The van der Waals surface area contributed by atoms with E-state index in [0.717, 1.165) is 18.6 Å². The zero-order chi connectivity index (χ0) is 21.2. The molecule has 1 rings (SSSR count). The van der Waals surface area contributed by atoms with Gasteiger partial charge in [-0.2, -0.15) is 18.2 Å². The predicted molar refractivity (Wildman–Crippen MR) is 101 cm³/mol. The summed E-state index contributed by atoms with van der Waals surface area (Å²) in [5.74, 6) is 0.340. The Labute approximate surface area is 163 Å². The van der Waals surface area contributed by atoms with Crippen molar-refractivity contribution in [3.63, 3.8) is 0 Å². The van der Waals surface area contributed by atoms with Gasteiger partial charge >= 0.3 is 6.18 Å². The Morgan fingerprint density at radius 3 is 2.36 bits per heavy atom. The number of hydrogen-bond acceptors (Lipinski definition) is 4.